The van der Waals surface area contributed by atoms with E-state index in [-0.39, 0.29) is 22.6 Å². The van der Waals surface area contributed by atoms with Gasteiger partial charge in [-0.3, -0.25) is 0 Å². The maximum Gasteiger partial charge on any atom is 0.336 e. The average molecular weight is 478 g/mol. The average Bonchev–Trinajstić information content (AvgIpc) is 2.82. The van der Waals surface area contributed by atoms with Gasteiger partial charge < -0.3 is 9.15 Å². The van der Waals surface area contributed by atoms with Crippen LogP contribution in [0.3, 0.4) is 0 Å². The molecule has 0 aliphatic rings. The van der Waals surface area contributed by atoms with Crippen molar-refractivity contribution in [2.75, 3.05) is 0 Å². The van der Waals surface area contributed by atoms with E-state index >= 15 is 0 Å². The Balaban J connectivity index is 1.58. The van der Waals surface area contributed by atoms with Gasteiger partial charge in [0.1, 0.15) is 17.4 Å². The summed E-state index contributed by atoms with van der Waals surface area (Å²) in [7, 11) is -3.91. The molecular formula is C26H23NO6S. The molecule has 0 bridgehead atoms. The van der Waals surface area contributed by atoms with E-state index in [2.05, 4.69) is 4.72 Å². The highest BCUT2D eigenvalue weighted by Gasteiger charge is 2.26. The minimum absolute atomic E-state index is 0.0604. The molecule has 0 fully saturated rings. The third-order valence-corrected chi connectivity index (χ3v) is 6.83. The van der Waals surface area contributed by atoms with Crippen molar-refractivity contribution < 1.29 is 22.4 Å². The maximum atomic E-state index is 12.8. The monoisotopic (exact) mass is 477 g/mol. The van der Waals surface area contributed by atoms with Crippen LogP contribution in [0.15, 0.2) is 93.0 Å². The quantitative estimate of drug-likeness (QED) is 0.240. The summed E-state index contributed by atoms with van der Waals surface area (Å²) >= 11 is 0. The third-order valence-electron chi connectivity index (χ3n) is 5.34. The molecular weight excluding hydrogens is 454 g/mol. The van der Waals surface area contributed by atoms with Crippen molar-refractivity contribution in [2.24, 2.45) is 0 Å². The Labute approximate surface area is 197 Å². The minimum atomic E-state index is -3.91. The largest absolute Gasteiger partial charge is 0.425 e. The summed E-state index contributed by atoms with van der Waals surface area (Å²) in [4.78, 5) is 24.9. The van der Waals surface area contributed by atoms with Crippen LogP contribution in [0.5, 0.6) is 5.75 Å². The van der Waals surface area contributed by atoms with Crippen LogP contribution in [0.2, 0.25) is 0 Å². The van der Waals surface area contributed by atoms with Gasteiger partial charge in [-0.25, -0.2) is 18.0 Å². The summed E-state index contributed by atoms with van der Waals surface area (Å²) < 4.78 is 38.5. The van der Waals surface area contributed by atoms with E-state index in [0.717, 1.165) is 11.1 Å². The zero-order valence-electron chi connectivity index (χ0n) is 18.6. The Morgan fingerprint density at radius 2 is 1.71 bits per heavy atom. The number of aryl methyl sites for hydroxylation is 1. The van der Waals surface area contributed by atoms with E-state index in [9.17, 15) is 18.0 Å². The molecule has 4 rings (SSSR count). The fourth-order valence-corrected chi connectivity index (χ4v) is 4.79. The van der Waals surface area contributed by atoms with Gasteiger partial charge in [0.05, 0.1) is 4.90 Å². The van der Waals surface area contributed by atoms with Gasteiger partial charge in [0.2, 0.25) is 10.0 Å². The minimum Gasteiger partial charge on any atom is -0.425 e. The molecule has 0 radical (unpaired) electrons. The lowest BCUT2D eigenvalue weighted by atomic mass is 10.0. The summed E-state index contributed by atoms with van der Waals surface area (Å²) in [6.45, 7) is 3.53. The van der Waals surface area contributed by atoms with E-state index in [4.69, 9.17) is 9.15 Å². The molecule has 0 amide bonds. The van der Waals surface area contributed by atoms with Gasteiger partial charge in [0.15, 0.2) is 0 Å². The number of nitrogens with one attached hydrogen (secondary N) is 1. The fraction of sp³-hybridized carbons (Fsp3) is 0.154. The number of hydrogen-bond acceptors (Lipinski definition) is 6. The Morgan fingerprint density at radius 1 is 1.00 bits per heavy atom. The lowest BCUT2D eigenvalue weighted by Crippen LogP contribution is -2.42. The molecule has 4 aromatic rings. The van der Waals surface area contributed by atoms with Crippen molar-refractivity contribution in [1.29, 1.82) is 0 Å². The Bertz CT molecular complexity index is 1490. The van der Waals surface area contributed by atoms with Crippen LogP contribution in [0, 0.1) is 6.92 Å². The first-order chi connectivity index (χ1) is 16.3. The van der Waals surface area contributed by atoms with Crippen molar-refractivity contribution in [3.63, 3.8) is 0 Å². The molecule has 1 heterocycles. The van der Waals surface area contributed by atoms with Crippen molar-refractivity contribution >= 4 is 27.0 Å². The molecule has 0 aliphatic heterocycles. The summed E-state index contributed by atoms with van der Waals surface area (Å²) in [5, 5.41) is 0.678. The molecule has 0 aliphatic carbocycles. The second-order valence-corrected chi connectivity index (χ2v) is 9.53. The molecule has 1 aromatic heterocycles. The molecule has 1 atom stereocenters. The summed E-state index contributed by atoms with van der Waals surface area (Å²) in [6, 6.07) is 20.7. The van der Waals surface area contributed by atoms with Gasteiger partial charge in [0, 0.05) is 17.5 Å². The van der Waals surface area contributed by atoms with E-state index in [1.807, 2.05) is 37.3 Å². The van der Waals surface area contributed by atoms with Gasteiger partial charge in [-0.15, -0.1) is 0 Å². The van der Waals surface area contributed by atoms with Crippen molar-refractivity contribution in [3.8, 4) is 16.9 Å². The number of benzene rings is 3. The molecule has 7 nitrogen and oxygen atoms in total. The zero-order chi connectivity index (χ0) is 24.3. The van der Waals surface area contributed by atoms with Crippen LogP contribution in [-0.4, -0.2) is 20.4 Å². The fourth-order valence-electron chi connectivity index (χ4n) is 3.52. The second-order valence-electron chi connectivity index (χ2n) is 7.82. The Kier molecular flexibility index (Phi) is 6.63. The van der Waals surface area contributed by atoms with E-state index in [0.29, 0.717) is 10.9 Å². The highest BCUT2D eigenvalue weighted by molar-refractivity contribution is 7.89. The molecule has 1 N–H and O–H groups in total. The summed E-state index contributed by atoms with van der Waals surface area (Å²) in [6.07, 6.45) is 0.185. The first-order valence-corrected chi connectivity index (χ1v) is 12.2. The van der Waals surface area contributed by atoms with Crippen molar-refractivity contribution in [1.82, 2.24) is 4.72 Å². The smallest absolute Gasteiger partial charge is 0.336 e. The number of esters is 1. The Morgan fingerprint density at radius 3 is 2.38 bits per heavy atom. The number of rotatable bonds is 7. The zero-order valence-corrected chi connectivity index (χ0v) is 19.5. The maximum absolute atomic E-state index is 12.8. The SMILES string of the molecule is CCC(NS(=O)(=O)c1ccc(C)cc1)C(=O)Oc1ccc2c(-c3ccccc3)cc(=O)oc2c1. The molecule has 8 heteroatoms. The first-order valence-electron chi connectivity index (χ1n) is 10.7. The lowest BCUT2D eigenvalue weighted by Gasteiger charge is -2.16. The standard InChI is InChI=1S/C26H23NO6S/c1-3-23(27-34(30,31)20-12-9-17(2)10-13-20)26(29)32-19-11-14-21-22(18-7-5-4-6-8-18)16-25(28)33-24(21)15-19/h4-16,23,27H,3H2,1-2H3. The van der Waals surface area contributed by atoms with Crippen LogP contribution in [0.1, 0.15) is 18.9 Å². The van der Waals surface area contributed by atoms with Crippen LogP contribution in [0.4, 0.5) is 0 Å². The van der Waals surface area contributed by atoms with E-state index in [1.165, 1.54) is 24.3 Å². The number of hydrogen-bond donors (Lipinski definition) is 1. The number of carbonyl (C=O) groups excluding carboxylic acids is 1. The molecule has 1 unspecified atom stereocenters. The van der Waals surface area contributed by atoms with Gasteiger partial charge in [-0.05, 0) is 48.7 Å². The van der Waals surface area contributed by atoms with Gasteiger partial charge in [-0.2, -0.15) is 4.72 Å². The normalized spacial score (nSPS) is 12.4. The van der Waals surface area contributed by atoms with Crippen LogP contribution < -0.4 is 15.1 Å². The van der Waals surface area contributed by atoms with E-state index in [1.54, 1.807) is 31.2 Å². The number of sulfonamides is 1. The number of fused-ring (bicyclic) bond motifs is 1. The van der Waals surface area contributed by atoms with Crippen LogP contribution >= 0.6 is 0 Å². The first kappa shape index (κ1) is 23.4. The molecule has 0 saturated heterocycles. The lowest BCUT2D eigenvalue weighted by molar-refractivity contribution is -0.136. The topological polar surface area (TPSA) is 103 Å². The highest BCUT2D eigenvalue weighted by Crippen LogP contribution is 2.29. The second kappa shape index (κ2) is 9.62. The summed E-state index contributed by atoms with van der Waals surface area (Å²) in [5.41, 5.74) is 2.18. The Hall–Kier alpha value is -3.75. The van der Waals surface area contributed by atoms with Gasteiger partial charge >= 0.3 is 11.6 Å². The predicted molar refractivity (Wildman–Crippen MR) is 129 cm³/mol. The molecule has 3 aromatic carbocycles. The summed E-state index contributed by atoms with van der Waals surface area (Å²) in [5.74, 6) is -0.627. The number of carbonyl (C=O) groups is 1. The number of ether oxygens (including phenoxy) is 1. The van der Waals surface area contributed by atoms with Crippen LogP contribution in [-0.2, 0) is 14.8 Å². The third kappa shape index (κ3) is 5.08. The van der Waals surface area contributed by atoms with Crippen molar-refractivity contribution in [2.45, 2.75) is 31.2 Å². The van der Waals surface area contributed by atoms with Gasteiger partial charge in [0.25, 0.3) is 0 Å². The molecule has 0 saturated carbocycles. The predicted octanol–water partition coefficient (Wildman–Crippen LogP) is 4.43. The van der Waals surface area contributed by atoms with E-state index < -0.39 is 27.7 Å². The molecule has 174 valence electrons. The van der Waals surface area contributed by atoms with Crippen molar-refractivity contribution in [3.05, 3.63) is 94.8 Å². The molecule has 0 spiro atoms. The highest BCUT2D eigenvalue weighted by atomic mass is 32.2. The van der Waals surface area contributed by atoms with Gasteiger partial charge in [-0.1, -0.05) is 55.0 Å². The molecule has 34 heavy (non-hydrogen) atoms. The van der Waals surface area contributed by atoms with Crippen LogP contribution in [0.25, 0.3) is 22.1 Å².